The lowest BCUT2D eigenvalue weighted by Gasteiger charge is -2.24. The summed E-state index contributed by atoms with van der Waals surface area (Å²) >= 11 is 0. The molecular weight excluding hydrogens is 192 g/mol. The zero-order valence-electron chi connectivity index (χ0n) is 7.07. The molecule has 14 heavy (non-hydrogen) atoms. The molecule has 0 aromatic heterocycles. The minimum absolute atomic E-state index is 0.321. The third kappa shape index (κ3) is 2.04. The molecule has 1 aliphatic rings. The van der Waals surface area contributed by atoms with Crippen molar-refractivity contribution in [1.29, 1.82) is 0 Å². The molecule has 76 valence electrons. The van der Waals surface area contributed by atoms with Gasteiger partial charge < -0.3 is 4.90 Å². The van der Waals surface area contributed by atoms with E-state index >= 15 is 0 Å². The number of carbonyl (C=O) groups excluding carboxylic acids is 4. The second kappa shape index (κ2) is 3.83. The van der Waals surface area contributed by atoms with Crippen LogP contribution < -0.4 is 16.6 Å². The van der Waals surface area contributed by atoms with Crippen LogP contribution in [0.15, 0.2) is 0 Å². The first-order valence-electron chi connectivity index (χ1n) is 3.67. The highest BCUT2D eigenvalue weighted by molar-refractivity contribution is 6.35. The van der Waals surface area contributed by atoms with E-state index in [0.29, 0.717) is 0 Å². The van der Waals surface area contributed by atoms with E-state index in [9.17, 15) is 19.2 Å². The zero-order valence-corrected chi connectivity index (χ0v) is 7.07. The van der Waals surface area contributed by atoms with E-state index in [-0.39, 0.29) is 13.1 Å². The summed E-state index contributed by atoms with van der Waals surface area (Å²) in [6.07, 6.45) is 0. The lowest BCUT2D eigenvalue weighted by atomic mass is 10.3. The van der Waals surface area contributed by atoms with Crippen LogP contribution >= 0.6 is 0 Å². The van der Waals surface area contributed by atoms with Crippen LogP contribution in [-0.4, -0.2) is 41.6 Å². The van der Waals surface area contributed by atoms with Crippen molar-refractivity contribution in [2.24, 2.45) is 5.84 Å². The molecule has 0 aromatic rings. The minimum atomic E-state index is -1.06. The first-order valence-corrected chi connectivity index (χ1v) is 3.67. The van der Waals surface area contributed by atoms with Crippen molar-refractivity contribution >= 4 is 23.6 Å². The van der Waals surface area contributed by atoms with Gasteiger partial charge in [0.15, 0.2) is 0 Å². The predicted octanol–water partition coefficient (Wildman–Crippen LogP) is -3.54. The van der Waals surface area contributed by atoms with Crippen molar-refractivity contribution < 1.29 is 19.2 Å². The van der Waals surface area contributed by atoms with Gasteiger partial charge in [-0.05, 0) is 0 Å². The van der Waals surface area contributed by atoms with E-state index in [1.54, 1.807) is 5.43 Å². The second-order valence-electron chi connectivity index (χ2n) is 2.61. The molecule has 8 nitrogen and oxygen atoms in total. The Morgan fingerprint density at radius 3 is 2.21 bits per heavy atom. The number of nitrogens with one attached hydrogen (secondary N) is 2. The summed E-state index contributed by atoms with van der Waals surface area (Å²) in [7, 11) is 0. The molecule has 0 atom stereocenters. The van der Waals surface area contributed by atoms with E-state index in [1.807, 2.05) is 5.32 Å². The van der Waals surface area contributed by atoms with Gasteiger partial charge in [-0.15, -0.1) is 0 Å². The van der Waals surface area contributed by atoms with E-state index in [1.165, 1.54) is 0 Å². The number of nitrogens with zero attached hydrogens (tertiary/aromatic N) is 1. The van der Waals surface area contributed by atoms with Crippen molar-refractivity contribution in [2.75, 3.05) is 13.1 Å². The van der Waals surface area contributed by atoms with Gasteiger partial charge in [0, 0.05) is 0 Å². The first kappa shape index (κ1) is 10.1. The summed E-state index contributed by atoms with van der Waals surface area (Å²) < 4.78 is 0. The van der Waals surface area contributed by atoms with Crippen LogP contribution in [0, 0.1) is 0 Å². The van der Waals surface area contributed by atoms with Gasteiger partial charge in [-0.2, -0.15) is 0 Å². The maximum atomic E-state index is 11.1. The molecule has 8 heteroatoms. The molecule has 1 aliphatic heterocycles. The number of rotatable bonds is 0. The average Bonchev–Trinajstić information content (AvgIpc) is 2.14. The Morgan fingerprint density at radius 2 is 1.79 bits per heavy atom. The maximum Gasteiger partial charge on any atom is 0.323 e. The standard InChI is InChI=1S/C6H8N4O4/c7-9-5(13)6(14)10-1-3(11)8-4(12)2-10/h1-2,7H2,(H,9,13)(H,8,11,12). The predicted molar refractivity (Wildman–Crippen MR) is 42.1 cm³/mol. The summed E-state index contributed by atoms with van der Waals surface area (Å²) in [5.41, 5.74) is 1.62. The summed E-state index contributed by atoms with van der Waals surface area (Å²) in [5.74, 6) is 1.40. The van der Waals surface area contributed by atoms with E-state index < -0.39 is 23.6 Å². The number of hydrogen-bond acceptors (Lipinski definition) is 5. The number of nitrogens with two attached hydrogens (primary N) is 1. The molecular formula is C6H8N4O4. The van der Waals surface area contributed by atoms with Crippen molar-refractivity contribution in [3.63, 3.8) is 0 Å². The fourth-order valence-corrected chi connectivity index (χ4v) is 0.986. The normalized spacial score (nSPS) is 16.2. The van der Waals surface area contributed by atoms with E-state index in [4.69, 9.17) is 5.84 Å². The number of hydrogen-bond donors (Lipinski definition) is 3. The van der Waals surface area contributed by atoms with Gasteiger partial charge in [-0.25, -0.2) is 5.84 Å². The lowest BCUT2D eigenvalue weighted by Crippen LogP contribution is -2.56. The topological polar surface area (TPSA) is 122 Å². The maximum absolute atomic E-state index is 11.1. The summed E-state index contributed by atoms with van der Waals surface area (Å²) in [6, 6.07) is 0. The monoisotopic (exact) mass is 200 g/mol. The first-order chi connectivity index (χ1) is 6.54. The van der Waals surface area contributed by atoms with Crippen LogP contribution in [-0.2, 0) is 19.2 Å². The molecule has 4 amide bonds. The number of piperazine rings is 1. The second-order valence-corrected chi connectivity index (χ2v) is 2.61. The van der Waals surface area contributed by atoms with Crippen LogP contribution in [0.1, 0.15) is 0 Å². The molecule has 0 bridgehead atoms. The number of carbonyl (C=O) groups is 4. The number of imide groups is 1. The van der Waals surface area contributed by atoms with E-state index in [0.717, 1.165) is 4.90 Å². The quantitative estimate of drug-likeness (QED) is 0.123. The summed E-state index contributed by atoms with van der Waals surface area (Å²) in [5, 5.41) is 1.99. The Morgan fingerprint density at radius 1 is 1.29 bits per heavy atom. The van der Waals surface area contributed by atoms with Gasteiger partial charge in [0.2, 0.25) is 11.8 Å². The Kier molecular flexibility index (Phi) is 2.77. The molecule has 0 unspecified atom stereocenters. The minimum Gasteiger partial charge on any atom is -0.316 e. The Hall–Kier alpha value is -1.96. The highest BCUT2D eigenvalue weighted by atomic mass is 16.2. The van der Waals surface area contributed by atoms with Gasteiger partial charge in [-0.3, -0.25) is 29.9 Å². The van der Waals surface area contributed by atoms with Gasteiger partial charge in [-0.1, -0.05) is 0 Å². The molecule has 0 saturated carbocycles. The highest BCUT2D eigenvalue weighted by Crippen LogP contribution is 1.95. The Labute approximate surface area is 78.4 Å². The van der Waals surface area contributed by atoms with Crippen LogP contribution in [0.3, 0.4) is 0 Å². The van der Waals surface area contributed by atoms with Crippen molar-refractivity contribution in [1.82, 2.24) is 15.6 Å². The zero-order chi connectivity index (χ0) is 10.7. The third-order valence-corrected chi connectivity index (χ3v) is 1.56. The van der Waals surface area contributed by atoms with Crippen molar-refractivity contribution in [3.8, 4) is 0 Å². The number of amides is 4. The fourth-order valence-electron chi connectivity index (χ4n) is 0.986. The van der Waals surface area contributed by atoms with Crippen LogP contribution in [0.5, 0.6) is 0 Å². The summed E-state index contributed by atoms with van der Waals surface area (Å²) in [4.78, 5) is 44.3. The van der Waals surface area contributed by atoms with E-state index in [2.05, 4.69) is 0 Å². The van der Waals surface area contributed by atoms with Crippen LogP contribution in [0.2, 0.25) is 0 Å². The fraction of sp³-hybridized carbons (Fsp3) is 0.333. The Balaban J connectivity index is 2.68. The number of hydrazine groups is 1. The average molecular weight is 200 g/mol. The molecule has 0 aliphatic carbocycles. The summed E-state index contributed by atoms with van der Waals surface area (Å²) in [6.45, 7) is -0.643. The largest absolute Gasteiger partial charge is 0.323 e. The SMILES string of the molecule is NNC(=O)C(=O)N1CC(=O)NC(=O)C1. The van der Waals surface area contributed by atoms with Gasteiger partial charge in [0.05, 0.1) is 0 Å². The molecule has 1 saturated heterocycles. The van der Waals surface area contributed by atoms with Gasteiger partial charge in [0.25, 0.3) is 0 Å². The smallest absolute Gasteiger partial charge is 0.316 e. The lowest BCUT2D eigenvalue weighted by molar-refractivity contribution is -0.151. The molecule has 0 aromatic carbocycles. The molecule has 1 heterocycles. The van der Waals surface area contributed by atoms with Gasteiger partial charge >= 0.3 is 11.8 Å². The molecule has 4 N–H and O–H groups in total. The molecule has 0 radical (unpaired) electrons. The molecule has 1 rings (SSSR count). The van der Waals surface area contributed by atoms with Crippen molar-refractivity contribution in [3.05, 3.63) is 0 Å². The van der Waals surface area contributed by atoms with Crippen LogP contribution in [0.25, 0.3) is 0 Å². The van der Waals surface area contributed by atoms with Crippen molar-refractivity contribution in [2.45, 2.75) is 0 Å². The molecule has 1 fully saturated rings. The van der Waals surface area contributed by atoms with Crippen LogP contribution in [0.4, 0.5) is 0 Å². The van der Waals surface area contributed by atoms with Gasteiger partial charge in [0.1, 0.15) is 13.1 Å². The third-order valence-electron chi connectivity index (χ3n) is 1.56. The highest BCUT2D eigenvalue weighted by Gasteiger charge is 2.29. The molecule has 0 spiro atoms. The Bertz CT molecular complexity index is 297.